The van der Waals surface area contributed by atoms with Gasteiger partial charge in [0.05, 0.1) is 18.8 Å². The van der Waals surface area contributed by atoms with Crippen molar-refractivity contribution in [1.82, 2.24) is 24.8 Å². The number of methoxy groups -OCH3 is 1. The molecule has 2 aromatic heterocycles. The highest BCUT2D eigenvalue weighted by molar-refractivity contribution is 5.20. The van der Waals surface area contributed by atoms with Crippen LogP contribution in [-0.4, -0.2) is 45.1 Å². The van der Waals surface area contributed by atoms with Gasteiger partial charge in [0, 0.05) is 46.2 Å². The SMILES string of the molecule is COCCc1noc(CN2CCc3nn(C)c(=O)cc3C2)n1. The maximum absolute atomic E-state index is 11.7. The molecule has 3 rings (SSSR count). The van der Waals surface area contributed by atoms with Crippen molar-refractivity contribution in [3.63, 3.8) is 0 Å². The van der Waals surface area contributed by atoms with Crippen LogP contribution in [0.2, 0.25) is 0 Å². The number of rotatable bonds is 5. The summed E-state index contributed by atoms with van der Waals surface area (Å²) in [7, 11) is 3.32. The number of hydrogen-bond acceptors (Lipinski definition) is 7. The van der Waals surface area contributed by atoms with Crippen molar-refractivity contribution in [3.8, 4) is 0 Å². The Bertz CT molecular complexity index is 709. The summed E-state index contributed by atoms with van der Waals surface area (Å²) in [6, 6.07) is 1.66. The summed E-state index contributed by atoms with van der Waals surface area (Å²) in [4.78, 5) is 18.2. The van der Waals surface area contributed by atoms with E-state index in [0.29, 0.717) is 37.8 Å². The van der Waals surface area contributed by atoms with Crippen molar-refractivity contribution in [2.75, 3.05) is 20.3 Å². The van der Waals surface area contributed by atoms with Crippen LogP contribution in [0.3, 0.4) is 0 Å². The molecule has 0 atom stereocenters. The van der Waals surface area contributed by atoms with Gasteiger partial charge in [0.25, 0.3) is 5.56 Å². The molecule has 0 aliphatic carbocycles. The Kier molecular flexibility index (Phi) is 4.30. The summed E-state index contributed by atoms with van der Waals surface area (Å²) in [5.74, 6) is 1.25. The van der Waals surface area contributed by atoms with E-state index in [-0.39, 0.29) is 5.56 Å². The number of ether oxygens (including phenoxy) is 1. The molecule has 3 heterocycles. The average molecular weight is 305 g/mol. The van der Waals surface area contributed by atoms with Crippen LogP contribution >= 0.6 is 0 Å². The quantitative estimate of drug-likeness (QED) is 0.763. The van der Waals surface area contributed by atoms with Crippen LogP contribution in [-0.2, 0) is 37.7 Å². The van der Waals surface area contributed by atoms with Crippen molar-refractivity contribution in [2.24, 2.45) is 7.05 Å². The molecule has 0 amide bonds. The van der Waals surface area contributed by atoms with Crippen LogP contribution in [0.25, 0.3) is 0 Å². The smallest absolute Gasteiger partial charge is 0.266 e. The second-order valence-electron chi connectivity index (χ2n) is 5.39. The van der Waals surface area contributed by atoms with Gasteiger partial charge in [-0.3, -0.25) is 9.69 Å². The first-order valence-electron chi connectivity index (χ1n) is 7.24. The van der Waals surface area contributed by atoms with Crippen molar-refractivity contribution in [3.05, 3.63) is 39.4 Å². The second-order valence-corrected chi connectivity index (χ2v) is 5.39. The Labute approximate surface area is 127 Å². The van der Waals surface area contributed by atoms with Gasteiger partial charge < -0.3 is 9.26 Å². The largest absolute Gasteiger partial charge is 0.384 e. The molecule has 0 N–H and O–H groups in total. The summed E-state index contributed by atoms with van der Waals surface area (Å²) in [5, 5.41) is 8.24. The van der Waals surface area contributed by atoms with E-state index < -0.39 is 0 Å². The van der Waals surface area contributed by atoms with Crippen molar-refractivity contribution < 1.29 is 9.26 Å². The van der Waals surface area contributed by atoms with E-state index >= 15 is 0 Å². The van der Waals surface area contributed by atoms with Crippen LogP contribution in [0.1, 0.15) is 23.0 Å². The average Bonchev–Trinajstić information content (AvgIpc) is 2.94. The fourth-order valence-corrected chi connectivity index (χ4v) is 2.53. The Morgan fingerprint density at radius 3 is 3.14 bits per heavy atom. The molecule has 1 aliphatic heterocycles. The minimum absolute atomic E-state index is 0.0831. The number of aryl methyl sites for hydroxylation is 1. The summed E-state index contributed by atoms with van der Waals surface area (Å²) in [6.07, 6.45) is 1.46. The van der Waals surface area contributed by atoms with Crippen molar-refractivity contribution >= 4 is 0 Å². The van der Waals surface area contributed by atoms with Crippen LogP contribution in [0, 0.1) is 0 Å². The highest BCUT2D eigenvalue weighted by Crippen LogP contribution is 2.16. The molecular weight excluding hydrogens is 286 g/mol. The Morgan fingerprint density at radius 2 is 2.32 bits per heavy atom. The molecule has 8 nitrogen and oxygen atoms in total. The van der Waals surface area contributed by atoms with Crippen LogP contribution < -0.4 is 5.56 Å². The summed E-state index contributed by atoms with van der Waals surface area (Å²) in [6.45, 7) is 2.68. The lowest BCUT2D eigenvalue weighted by molar-refractivity contribution is 0.198. The lowest BCUT2D eigenvalue weighted by atomic mass is 10.1. The fraction of sp³-hybridized carbons (Fsp3) is 0.571. The molecule has 0 spiro atoms. The highest BCUT2D eigenvalue weighted by atomic mass is 16.5. The fourth-order valence-electron chi connectivity index (χ4n) is 2.53. The van der Waals surface area contributed by atoms with E-state index in [1.807, 2.05) is 0 Å². The maximum atomic E-state index is 11.7. The number of hydrogen-bond donors (Lipinski definition) is 0. The lowest BCUT2D eigenvalue weighted by Gasteiger charge is -2.26. The first kappa shape index (κ1) is 14.9. The standard InChI is InChI=1S/C14H19N5O3/c1-18-14(20)7-10-8-19(5-3-11(10)16-18)9-13-15-12(17-22-13)4-6-21-2/h7H,3-6,8-9H2,1-2H3. The highest BCUT2D eigenvalue weighted by Gasteiger charge is 2.20. The van der Waals surface area contributed by atoms with E-state index in [9.17, 15) is 4.79 Å². The maximum Gasteiger partial charge on any atom is 0.266 e. The Balaban J connectivity index is 1.66. The van der Waals surface area contributed by atoms with E-state index in [2.05, 4.69) is 20.1 Å². The summed E-state index contributed by atoms with van der Waals surface area (Å²) >= 11 is 0. The second kappa shape index (κ2) is 6.37. The van der Waals surface area contributed by atoms with Gasteiger partial charge in [-0.05, 0) is 5.56 Å². The molecule has 8 heteroatoms. The molecule has 0 unspecified atom stereocenters. The van der Waals surface area contributed by atoms with E-state index in [0.717, 1.165) is 24.2 Å². The first-order chi connectivity index (χ1) is 10.7. The predicted molar refractivity (Wildman–Crippen MR) is 77.2 cm³/mol. The van der Waals surface area contributed by atoms with Gasteiger partial charge in [0.1, 0.15) is 0 Å². The van der Waals surface area contributed by atoms with Gasteiger partial charge in [0.15, 0.2) is 5.82 Å². The molecule has 118 valence electrons. The van der Waals surface area contributed by atoms with Crippen LogP contribution in [0.15, 0.2) is 15.4 Å². The lowest BCUT2D eigenvalue weighted by Crippen LogP contribution is -2.34. The van der Waals surface area contributed by atoms with Gasteiger partial charge in [-0.15, -0.1) is 0 Å². The number of nitrogens with zero attached hydrogens (tertiary/aromatic N) is 5. The van der Waals surface area contributed by atoms with Gasteiger partial charge in [-0.1, -0.05) is 5.16 Å². The summed E-state index contributed by atoms with van der Waals surface area (Å²) < 4.78 is 11.6. The molecule has 22 heavy (non-hydrogen) atoms. The minimum atomic E-state index is -0.0831. The monoisotopic (exact) mass is 305 g/mol. The molecule has 0 aromatic carbocycles. The van der Waals surface area contributed by atoms with Crippen molar-refractivity contribution in [2.45, 2.75) is 25.9 Å². The Morgan fingerprint density at radius 1 is 1.45 bits per heavy atom. The first-order valence-corrected chi connectivity index (χ1v) is 7.24. The van der Waals surface area contributed by atoms with Crippen LogP contribution in [0.4, 0.5) is 0 Å². The van der Waals surface area contributed by atoms with Gasteiger partial charge in [0.2, 0.25) is 5.89 Å². The van der Waals surface area contributed by atoms with Gasteiger partial charge >= 0.3 is 0 Å². The zero-order valence-electron chi connectivity index (χ0n) is 12.8. The molecule has 0 radical (unpaired) electrons. The third-order valence-corrected chi connectivity index (χ3v) is 3.72. The molecule has 0 saturated carbocycles. The van der Waals surface area contributed by atoms with Gasteiger partial charge in [-0.2, -0.15) is 10.1 Å². The zero-order chi connectivity index (χ0) is 15.5. The third-order valence-electron chi connectivity index (χ3n) is 3.72. The van der Waals surface area contributed by atoms with E-state index in [1.165, 1.54) is 4.68 Å². The molecule has 0 bridgehead atoms. The molecule has 2 aromatic rings. The number of fused-ring (bicyclic) bond motifs is 1. The predicted octanol–water partition coefficient (Wildman–Crippen LogP) is -0.0895. The minimum Gasteiger partial charge on any atom is -0.384 e. The zero-order valence-corrected chi connectivity index (χ0v) is 12.8. The van der Waals surface area contributed by atoms with Crippen LogP contribution in [0.5, 0.6) is 0 Å². The van der Waals surface area contributed by atoms with E-state index in [1.54, 1.807) is 20.2 Å². The Hall–Kier alpha value is -2.06. The summed E-state index contributed by atoms with van der Waals surface area (Å²) in [5.41, 5.74) is 1.89. The topological polar surface area (TPSA) is 86.3 Å². The normalized spacial score (nSPS) is 15.0. The number of aromatic nitrogens is 4. The molecule has 0 fully saturated rings. The van der Waals surface area contributed by atoms with E-state index in [4.69, 9.17) is 9.26 Å². The molecular formula is C14H19N5O3. The third kappa shape index (κ3) is 3.23. The molecule has 1 aliphatic rings. The van der Waals surface area contributed by atoms with Gasteiger partial charge in [-0.25, -0.2) is 4.68 Å². The van der Waals surface area contributed by atoms with Crippen molar-refractivity contribution in [1.29, 1.82) is 0 Å². The molecule has 0 saturated heterocycles.